The van der Waals surface area contributed by atoms with Gasteiger partial charge in [-0.05, 0) is 18.2 Å². The van der Waals surface area contributed by atoms with Gasteiger partial charge < -0.3 is 14.8 Å². The molecule has 0 aliphatic heterocycles. The highest BCUT2D eigenvalue weighted by Crippen LogP contribution is 2.29. The van der Waals surface area contributed by atoms with Crippen molar-refractivity contribution in [2.75, 3.05) is 6.54 Å². The van der Waals surface area contributed by atoms with Crippen molar-refractivity contribution in [2.45, 2.75) is 26.9 Å². The Bertz CT molecular complexity index is 566. The number of rotatable bonds is 4. The molecular formula is C15H19NO3S. The lowest BCUT2D eigenvalue weighted by molar-refractivity contribution is -0.128. The van der Waals surface area contributed by atoms with Crippen LogP contribution in [0.4, 0.5) is 0 Å². The minimum atomic E-state index is -0.699. The topological polar surface area (TPSA) is 62.5 Å². The van der Waals surface area contributed by atoms with Crippen LogP contribution in [0.1, 0.15) is 31.8 Å². The third-order valence-corrected chi connectivity index (χ3v) is 3.92. The lowest BCUT2D eigenvalue weighted by atomic mass is 9.95. The Morgan fingerprint density at radius 3 is 2.85 bits per heavy atom. The van der Waals surface area contributed by atoms with Gasteiger partial charge in [0.1, 0.15) is 11.9 Å². The standard InChI is InChI=1S/C15H19NO3S/c1-15(2,3)14(18)16-8-11(17)13-7-10(9-20-13)12-5-4-6-19-12/h4-7,9,11,17H,8H2,1-3H3,(H,16,18). The fraction of sp³-hybridized carbons (Fsp3) is 0.400. The molecule has 5 heteroatoms. The van der Waals surface area contributed by atoms with Gasteiger partial charge in [-0.2, -0.15) is 0 Å². The summed E-state index contributed by atoms with van der Waals surface area (Å²) in [7, 11) is 0. The van der Waals surface area contributed by atoms with Gasteiger partial charge in [0.25, 0.3) is 0 Å². The van der Waals surface area contributed by atoms with E-state index in [4.69, 9.17) is 4.42 Å². The van der Waals surface area contributed by atoms with Crippen molar-refractivity contribution in [3.63, 3.8) is 0 Å². The van der Waals surface area contributed by atoms with Crippen molar-refractivity contribution in [1.29, 1.82) is 0 Å². The number of nitrogens with one attached hydrogen (secondary N) is 1. The van der Waals surface area contributed by atoms with Gasteiger partial charge in [-0.25, -0.2) is 0 Å². The zero-order chi connectivity index (χ0) is 14.8. The van der Waals surface area contributed by atoms with Crippen molar-refractivity contribution in [1.82, 2.24) is 5.32 Å². The second kappa shape index (κ2) is 5.81. The molecule has 2 N–H and O–H groups in total. The number of carbonyl (C=O) groups is 1. The van der Waals surface area contributed by atoms with E-state index in [0.717, 1.165) is 16.2 Å². The molecule has 2 rings (SSSR count). The van der Waals surface area contributed by atoms with Crippen LogP contribution in [0.2, 0.25) is 0 Å². The van der Waals surface area contributed by atoms with Crippen LogP contribution in [0.3, 0.4) is 0 Å². The van der Waals surface area contributed by atoms with E-state index in [0.29, 0.717) is 0 Å². The largest absolute Gasteiger partial charge is 0.464 e. The maximum atomic E-state index is 11.8. The molecule has 1 atom stereocenters. The van der Waals surface area contributed by atoms with Crippen LogP contribution in [0.25, 0.3) is 11.3 Å². The Morgan fingerprint density at radius 2 is 2.25 bits per heavy atom. The van der Waals surface area contributed by atoms with Crippen molar-refractivity contribution >= 4 is 17.2 Å². The van der Waals surface area contributed by atoms with Gasteiger partial charge in [-0.1, -0.05) is 20.8 Å². The molecule has 0 saturated heterocycles. The van der Waals surface area contributed by atoms with E-state index in [1.807, 2.05) is 44.4 Å². The highest BCUT2D eigenvalue weighted by molar-refractivity contribution is 7.10. The van der Waals surface area contributed by atoms with Gasteiger partial charge >= 0.3 is 0 Å². The summed E-state index contributed by atoms with van der Waals surface area (Å²) in [6, 6.07) is 5.59. The van der Waals surface area contributed by atoms with Crippen LogP contribution in [-0.2, 0) is 4.79 Å². The molecule has 0 radical (unpaired) electrons. The molecule has 4 nitrogen and oxygen atoms in total. The van der Waals surface area contributed by atoms with Crippen molar-refractivity contribution in [3.05, 3.63) is 34.7 Å². The number of hydrogen-bond acceptors (Lipinski definition) is 4. The maximum Gasteiger partial charge on any atom is 0.225 e. The highest BCUT2D eigenvalue weighted by Gasteiger charge is 2.22. The number of thiophene rings is 1. The van der Waals surface area contributed by atoms with Crippen LogP contribution in [-0.4, -0.2) is 17.6 Å². The van der Waals surface area contributed by atoms with Crippen molar-refractivity contribution < 1.29 is 14.3 Å². The average molecular weight is 293 g/mol. The van der Waals surface area contributed by atoms with E-state index in [9.17, 15) is 9.90 Å². The smallest absolute Gasteiger partial charge is 0.225 e. The van der Waals surface area contributed by atoms with Crippen LogP contribution in [0, 0.1) is 5.41 Å². The Labute approximate surface area is 122 Å². The zero-order valence-electron chi connectivity index (χ0n) is 11.8. The number of amides is 1. The minimum absolute atomic E-state index is 0.0700. The Morgan fingerprint density at radius 1 is 1.50 bits per heavy atom. The van der Waals surface area contributed by atoms with Gasteiger partial charge in [0, 0.05) is 27.8 Å². The van der Waals surface area contributed by atoms with Gasteiger partial charge in [0.2, 0.25) is 5.91 Å². The highest BCUT2D eigenvalue weighted by atomic mass is 32.1. The van der Waals surface area contributed by atoms with Gasteiger partial charge in [0.05, 0.1) is 6.26 Å². The summed E-state index contributed by atoms with van der Waals surface area (Å²) in [6.45, 7) is 5.74. The molecule has 2 aromatic rings. The Balaban J connectivity index is 1.97. The quantitative estimate of drug-likeness (QED) is 0.910. The first-order valence-corrected chi connectivity index (χ1v) is 7.34. The lowest BCUT2D eigenvalue weighted by Crippen LogP contribution is -2.37. The molecular weight excluding hydrogens is 274 g/mol. The maximum absolute atomic E-state index is 11.8. The molecule has 2 aromatic heterocycles. The lowest BCUT2D eigenvalue weighted by Gasteiger charge is -2.19. The summed E-state index contributed by atoms with van der Waals surface area (Å²) in [4.78, 5) is 12.6. The normalized spacial score (nSPS) is 13.2. The first-order valence-electron chi connectivity index (χ1n) is 6.46. The SMILES string of the molecule is CC(C)(C)C(=O)NCC(O)c1cc(-c2ccco2)cs1. The summed E-state index contributed by atoms with van der Waals surface area (Å²) in [5, 5.41) is 14.8. The average Bonchev–Trinajstić information content (AvgIpc) is 3.03. The molecule has 20 heavy (non-hydrogen) atoms. The van der Waals surface area contributed by atoms with Gasteiger partial charge in [-0.3, -0.25) is 4.79 Å². The number of carbonyl (C=O) groups excluding carboxylic acids is 1. The second-order valence-electron chi connectivity index (χ2n) is 5.69. The second-order valence-corrected chi connectivity index (χ2v) is 6.63. The predicted octanol–water partition coefficient (Wildman–Crippen LogP) is 3.20. The third kappa shape index (κ3) is 3.49. The predicted molar refractivity (Wildman–Crippen MR) is 79.4 cm³/mol. The summed E-state index contributed by atoms with van der Waals surface area (Å²) >= 11 is 1.45. The van der Waals surface area contributed by atoms with E-state index < -0.39 is 11.5 Å². The van der Waals surface area contributed by atoms with Crippen LogP contribution >= 0.6 is 11.3 Å². The Hall–Kier alpha value is -1.59. The molecule has 0 fully saturated rings. The molecule has 0 aliphatic rings. The first kappa shape index (κ1) is 14.8. The molecule has 1 unspecified atom stereocenters. The molecule has 2 heterocycles. The molecule has 108 valence electrons. The number of aliphatic hydroxyl groups excluding tert-OH is 1. The number of hydrogen-bond donors (Lipinski definition) is 2. The molecule has 0 spiro atoms. The molecule has 0 aliphatic carbocycles. The van der Waals surface area contributed by atoms with E-state index in [2.05, 4.69) is 5.32 Å². The van der Waals surface area contributed by atoms with Crippen LogP contribution in [0.15, 0.2) is 34.3 Å². The van der Waals surface area contributed by atoms with E-state index in [-0.39, 0.29) is 12.5 Å². The van der Waals surface area contributed by atoms with Gasteiger partial charge in [-0.15, -0.1) is 11.3 Å². The number of aliphatic hydroxyl groups is 1. The fourth-order valence-electron chi connectivity index (χ4n) is 1.65. The monoisotopic (exact) mass is 293 g/mol. The zero-order valence-corrected chi connectivity index (χ0v) is 12.7. The molecule has 1 amide bonds. The van der Waals surface area contributed by atoms with Crippen molar-refractivity contribution in [2.24, 2.45) is 5.41 Å². The van der Waals surface area contributed by atoms with Crippen molar-refractivity contribution in [3.8, 4) is 11.3 Å². The molecule has 0 aromatic carbocycles. The third-order valence-electron chi connectivity index (χ3n) is 2.89. The first-order chi connectivity index (χ1) is 9.38. The number of furan rings is 1. The van der Waals surface area contributed by atoms with Crippen LogP contribution < -0.4 is 5.32 Å². The van der Waals surface area contributed by atoms with E-state index in [1.165, 1.54) is 11.3 Å². The summed E-state index contributed by atoms with van der Waals surface area (Å²) in [6.07, 6.45) is 0.919. The summed E-state index contributed by atoms with van der Waals surface area (Å²) < 4.78 is 5.31. The van der Waals surface area contributed by atoms with E-state index in [1.54, 1.807) is 6.26 Å². The van der Waals surface area contributed by atoms with Gasteiger partial charge in [0.15, 0.2) is 0 Å². The summed E-state index contributed by atoms with van der Waals surface area (Å²) in [5.41, 5.74) is 0.491. The fourth-order valence-corrected chi connectivity index (χ4v) is 2.54. The Kier molecular flexibility index (Phi) is 4.30. The minimum Gasteiger partial charge on any atom is -0.464 e. The van der Waals surface area contributed by atoms with E-state index >= 15 is 0 Å². The van der Waals surface area contributed by atoms with Crippen LogP contribution in [0.5, 0.6) is 0 Å². The summed E-state index contributed by atoms with van der Waals surface area (Å²) in [5.74, 6) is 0.706. The molecule has 0 bridgehead atoms. The molecule has 0 saturated carbocycles.